The quantitative estimate of drug-likeness (QED) is 0.279. The number of rotatable bonds is 5. The van der Waals surface area contributed by atoms with Gasteiger partial charge < -0.3 is 0 Å². The van der Waals surface area contributed by atoms with E-state index >= 15 is 0 Å². The predicted molar refractivity (Wildman–Crippen MR) is 139 cm³/mol. The molecular weight excluding hydrogens is 398 g/mol. The first kappa shape index (κ1) is 23.2. The Morgan fingerprint density at radius 1 is 0.600 bits per heavy atom. The van der Waals surface area contributed by atoms with Gasteiger partial charge in [-0.1, -0.05) is 134 Å². The second-order valence-electron chi connectivity index (χ2n) is 10.1. The van der Waals surface area contributed by atoms with Gasteiger partial charge in [0.05, 0.1) is 5.16 Å². The Balaban J connectivity index is 2.20. The highest BCUT2D eigenvalue weighted by molar-refractivity contribution is 7.60. The summed E-state index contributed by atoms with van der Waals surface area (Å²) in [7, 11) is 2.99. The average molecular weight is 435 g/mol. The number of benzene rings is 3. The van der Waals surface area contributed by atoms with Gasteiger partial charge in [-0.15, -0.1) is 9.24 Å². The summed E-state index contributed by atoms with van der Waals surface area (Å²) in [5.74, 6) is 0. The average Bonchev–Trinajstić information content (AvgIpc) is 2.71. The van der Waals surface area contributed by atoms with E-state index in [1.165, 1.54) is 22.3 Å². The molecule has 0 radical (unpaired) electrons. The molecule has 0 aliphatic carbocycles. The van der Waals surface area contributed by atoms with Crippen molar-refractivity contribution in [2.24, 2.45) is 0 Å². The van der Waals surface area contributed by atoms with Crippen molar-refractivity contribution < 1.29 is 0 Å². The first-order chi connectivity index (χ1) is 14.0. The largest absolute Gasteiger partial charge is 0.117 e. The second kappa shape index (κ2) is 8.94. The minimum Gasteiger partial charge on any atom is -0.117 e. The highest BCUT2D eigenvalue weighted by Gasteiger charge is 2.37. The molecule has 0 amide bonds. The van der Waals surface area contributed by atoms with Crippen LogP contribution in [-0.4, -0.2) is 10.3 Å². The van der Waals surface area contributed by atoms with Crippen LogP contribution in [0.4, 0.5) is 0 Å². The lowest BCUT2D eigenvalue weighted by Gasteiger charge is -2.43. The van der Waals surface area contributed by atoms with E-state index in [4.69, 9.17) is 0 Å². The van der Waals surface area contributed by atoms with Gasteiger partial charge in [0.25, 0.3) is 0 Å². The van der Waals surface area contributed by atoms with Gasteiger partial charge in [-0.3, -0.25) is 0 Å². The lowest BCUT2D eigenvalue weighted by Crippen LogP contribution is -2.28. The second-order valence-corrected chi connectivity index (χ2v) is 14.8. The van der Waals surface area contributed by atoms with Crippen LogP contribution in [0, 0.1) is 0 Å². The molecule has 0 aliphatic rings. The molecule has 0 saturated carbocycles. The summed E-state index contributed by atoms with van der Waals surface area (Å²) in [5, 5.41) is 0.323. The first-order valence-corrected chi connectivity index (χ1v) is 12.9. The molecule has 0 aliphatic heterocycles. The Hall–Kier alpha value is -1.48. The molecular formula is C28H36P2. The lowest BCUT2D eigenvalue weighted by atomic mass is 9.82. The third-order valence-electron chi connectivity index (χ3n) is 5.85. The van der Waals surface area contributed by atoms with Crippen LogP contribution < -0.4 is 0 Å². The van der Waals surface area contributed by atoms with E-state index in [-0.39, 0.29) is 13.1 Å². The molecule has 0 heterocycles. The molecule has 3 aromatic rings. The zero-order valence-corrected chi connectivity index (χ0v) is 21.4. The topological polar surface area (TPSA) is 0 Å². The fraction of sp³-hybridized carbons (Fsp3) is 0.357. The van der Waals surface area contributed by atoms with Crippen molar-refractivity contribution in [1.82, 2.24) is 0 Å². The van der Waals surface area contributed by atoms with Gasteiger partial charge in [-0.2, -0.15) is 0 Å². The van der Waals surface area contributed by atoms with Crippen LogP contribution in [-0.2, 0) is 11.3 Å². The Labute approximate surface area is 187 Å². The first-order valence-electron chi connectivity index (χ1n) is 10.8. The van der Waals surface area contributed by atoms with Crippen LogP contribution in [0.25, 0.3) is 0 Å². The Kier molecular flexibility index (Phi) is 6.91. The van der Waals surface area contributed by atoms with Crippen molar-refractivity contribution in [3.8, 4) is 0 Å². The summed E-state index contributed by atoms with van der Waals surface area (Å²) >= 11 is 0. The highest BCUT2D eigenvalue weighted by atomic mass is 31.1. The lowest BCUT2D eigenvalue weighted by molar-refractivity contribution is 0.701. The Morgan fingerprint density at radius 3 is 1.43 bits per heavy atom. The summed E-state index contributed by atoms with van der Waals surface area (Å²) in [6.07, 6.45) is 1.13. The summed E-state index contributed by atoms with van der Waals surface area (Å²) < 4.78 is 0. The van der Waals surface area contributed by atoms with Crippen molar-refractivity contribution in [3.63, 3.8) is 0 Å². The minimum absolute atomic E-state index is 0.229. The van der Waals surface area contributed by atoms with E-state index in [2.05, 4.69) is 136 Å². The van der Waals surface area contributed by atoms with Crippen molar-refractivity contribution in [2.75, 3.05) is 0 Å². The molecule has 30 heavy (non-hydrogen) atoms. The van der Waals surface area contributed by atoms with Crippen molar-refractivity contribution >= 4 is 17.2 Å². The van der Waals surface area contributed by atoms with Gasteiger partial charge in [-0.25, -0.2) is 0 Å². The van der Waals surface area contributed by atoms with E-state index in [1.807, 2.05) is 0 Å². The molecule has 0 aromatic heterocycles. The molecule has 0 spiro atoms. The van der Waals surface area contributed by atoms with E-state index in [0.29, 0.717) is 10.3 Å². The molecule has 0 fully saturated rings. The maximum absolute atomic E-state index is 3.22. The highest BCUT2D eigenvalue weighted by Crippen LogP contribution is 2.62. The van der Waals surface area contributed by atoms with E-state index < -0.39 is 0 Å². The van der Waals surface area contributed by atoms with Crippen molar-refractivity contribution in [1.29, 1.82) is 0 Å². The molecule has 158 valence electrons. The zero-order valence-electron chi connectivity index (χ0n) is 19.3. The van der Waals surface area contributed by atoms with Gasteiger partial charge in [-0.05, 0) is 38.7 Å². The van der Waals surface area contributed by atoms with Crippen LogP contribution in [0.5, 0.6) is 0 Å². The fourth-order valence-electron chi connectivity index (χ4n) is 4.57. The van der Waals surface area contributed by atoms with Gasteiger partial charge in [0.15, 0.2) is 0 Å². The SMILES string of the molecule is CC(C)(C)P(Cc1ccccc1C(P)(c1ccccc1)c1ccccc1)C(C)(C)C. The predicted octanol–water partition coefficient (Wildman–Crippen LogP) is 8.43. The van der Waals surface area contributed by atoms with Gasteiger partial charge in [0.1, 0.15) is 0 Å². The number of hydrogen-bond donors (Lipinski definition) is 0. The maximum Gasteiger partial charge on any atom is 0.0594 e. The van der Waals surface area contributed by atoms with Crippen LogP contribution >= 0.6 is 17.2 Å². The van der Waals surface area contributed by atoms with Crippen LogP contribution in [0.3, 0.4) is 0 Å². The summed E-state index contributed by atoms with van der Waals surface area (Å²) in [5.41, 5.74) is 5.48. The van der Waals surface area contributed by atoms with Gasteiger partial charge >= 0.3 is 0 Å². The third-order valence-corrected chi connectivity index (χ3v) is 10.7. The molecule has 0 saturated heterocycles. The minimum atomic E-state index is -0.268. The van der Waals surface area contributed by atoms with E-state index in [0.717, 1.165) is 6.16 Å². The maximum atomic E-state index is 3.22. The normalized spacial score (nSPS) is 12.9. The van der Waals surface area contributed by atoms with Crippen LogP contribution in [0.15, 0.2) is 84.9 Å². The summed E-state index contributed by atoms with van der Waals surface area (Å²) in [6.45, 7) is 14.5. The van der Waals surface area contributed by atoms with E-state index in [1.54, 1.807) is 0 Å². The third kappa shape index (κ3) is 4.88. The van der Waals surface area contributed by atoms with Crippen LogP contribution in [0.1, 0.15) is 63.8 Å². The Morgan fingerprint density at radius 2 is 1.00 bits per heavy atom. The van der Waals surface area contributed by atoms with Gasteiger partial charge in [0, 0.05) is 0 Å². The van der Waals surface area contributed by atoms with Crippen molar-refractivity contribution in [3.05, 3.63) is 107 Å². The molecule has 0 bridgehead atoms. The molecule has 1 atom stereocenters. The van der Waals surface area contributed by atoms with E-state index in [9.17, 15) is 0 Å². The van der Waals surface area contributed by atoms with Crippen LogP contribution in [0.2, 0.25) is 0 Å². The van der Waals surface area contributed by atoms with Gasteiger partial charge in [0.2, 0.25) is 0 Å². The molecule has 0 nitrogen and oxygen atoms in total. The smallest absolute Gasteiger partial charge is 0.0594 e. The molecule has 3 rings (SSSR count). The fourth-order valence-corrected chi connectivity index (χ4v) is 8.82. The molecule has 0 N–H and O–H groups in total. The zero-order chi connectivity index (χ0) is 22.0. The number of hydrogen-bond acceptors (Lipinski definition) is 0. The molecule has 1 unspecified atom stereocenters. The summed E-state index contributed by atoms with van der Waals surface area (Å²) in [4.78, 5) is 0. The molecule has 2 heteroatoms. The summed E-state index contributed by atoms with van der Waals surface area (Å²) in [6, 6.07) is 30.9. The monoisotopic (exact) mass is 434 g/mol. The Bertz CT molecular complexity index is 894. The standard InChI is InChI=1S/C28H36P2/c1-26(2,3)30(27(4,5)6)21-22-15-13-14-20-25(22)28(29,23-16-9-7-10-17-23)24-18-11-8-12-19-24/h7-20H,21,29H2,1-6H3. The van der Waals surface area contributed by atoms with Crippen molar-refractivity contribution in [2.45, 2.75) is 63.2 Å². The molecule has 3 aromatic carbocycles.